The van der Waals surface area contributed by atoms with Crippen LogP contribution in [0.5, 0.6) is 0 Å². The smallest absolute Gasteiger partial charge is 0.253 e. The van der Waals surface area contributed by atoms with Gasteiger partial charge in [-0.15, -0.1) is 0 Å². The Morgan fingerprint density at radius 2 is 2.16 bits per heavy atom. The van der Waals surface area contributed by atoms with E-state index in [2.05, 4.69) is 20.7 Å². The van der Waals surface area contributed by atoms with E-state index < -0.39 is 0 Å². The van der Waals surface area contributed by atoms with Gasteiger partial charge in [0.1, 0.15) is 6.33 Å². The fourth-order valence-electron chi connectivity index (χ4n) is 1.75. The van der Waals surface area contributed by atoms with Crippen molar-refractivity contribution in [3.05, 3.63) is 42.0 Å². The first kappa shape index (κ1) is 13.1. The van der Waals surface area contributed by atoms with Crippen molar-refractivity contribution in [1.82, 2.24) is 20.1 Å². The summed E-state index contributed by atoms with van der Waals surface area (Å²) in [5, 5.41) is 10.1. The molecule has 2 aromatic rings. The summed E-state index contributed by atoms with van der Waals surface area (Å²) in [6.45, 7) is 3.08. The topological polar surface area (TPSA) is 71.8 Å². The van der Waals surface area contributed by atoms with Gasteiger partial charge in [0.15, 0.2) is 5.82 Å². The Morgan fingerprint density at radius 3 is 2.84 bits per heavy atom. The monoisotopic (exact) mass is 259 g/mol. The van der Waals surface area contributed by atoms with Gasteiger partial charge < -0.3 is 10.6 Å². The van der Waals surface area contributed by atoms with E-state index in [9.17, 15) is 4.79 Å². The molecule has 0 spiro atoms. The number of amides is 1. The number of aryl methyl sites for hydroxylation is 1. The highest BCUT2D eigenvalue weighted by Gasteiger charge is 2.10. The van der Waals surface area contributed by atoms with Crippen molar-refractivity contribution in [3.63, 3.8) is 0 Å². The SMILES string of the molecule is CCNc1ccccc1C(=O)NCc1ncn(C)n1. The van der Waals surface area contributed by atoms with Crippen LogP contribution in [0.15, 0.2) is 30.6 Å². The Kier molecular flexibility index (Phi) is 4.12. The van der Waals surface area contributed by atoms with Gasteiger partial charge in [-0.3, -0.25) is 9.48 Å². The number of carbonyl (C=O) groups is 1. The van der Waals surface area contributed by atoms with Crippen LogP contribution in [-0.2, 0) is 13.6 Å². The molecule has 1 aromatic carbocycles. The molecule has 0 saturated carbocycles. The van der Waals surface area contributed by atoms with Gasteiger partial charge >= 0.3 is 0 Å². The summed E-state index contributed by atoms with van der Waals surface area (Å²) in [5.41, 5.74) is 1.46. The summed E-state index contributed by atoms with van der Waals surface area (Å²) in [6.07, 6.45) is 1.61. The number of para-hydroxylation sites is 1. The number of nitrogens with one attached hydrogen (secondary N) is 2. The van der Waals surface area contributed by atoms with Crippen LogP contribution in [0.2, 0.25) is 0 Å². The lowest BCUT2D eigenvalue weighted by atomic mass is 10.1. The highest BCUT2D eigenvalue weighted by molar-refractivity contribution is 5.99. The maximum Gasteiger partial charge on any atom is 0.253 e. The van der Waals surface area contributed by atoms with Gasteiger partial charge in [0.05, 0.1) is 12.1 Å². The summed E-state index contributed by atoms with van der Waals surface area (Å²) >= 11 is 0. The van der Waals surface area contributed by atoms with E-state index in [1.807, 2.05) is 25.1 Å². The predicted octanol–water partition coefficient (Wildman–Crippen LogP) is 1.18. The van der Waals surface area contributed by atoms with Crippen molar-refractivity contribution in [3.8, 4) is 0 Å². The second-order valence-electron chi connectivity index (χ2n) is 4.09. The van der Waals surface area contributed by atoms with E-state index in [0.29, 0.717) is 17.9 Å². The van der Waals surface area contributed by atoms with Crippen molar-refractivity contribution < 1.29 is 4.79 Å². The van der Waals surface area contributed by atoms with Crippen molar-refractivity contribution in [1.29, 1.82) is 0 Å². The van der Waals surface area contributed by atoms with E-state index in [1.54, 1.807) is 24.1 Å². The zero-order valence-corrected chi connectivity index (χ0v) is 11.1. The molecule has 0 radical (unpaired) electrons. The molecule has 1 heterocycles. The Balaban J connectivity index is 2.03. The summed E-state index contributed by atoms with van der Waals surface area (Å²) in [6, 6.07) is 7.42. The second-order valence-corrected chi connectivity index (χ2v) is 4.09. The van der Waals surface area contributed by atoms with Crippen LogP contribution in [0.4, 0.5) is 5.69 Å². The third-order valence-corrected chi connectivity index (χ3v) is 2.59. The Hall–Kier alpha value is -2.37. The molecule has 0 atom stereocenters. The van der Waals surface area contributed by atoms with Gasteiger partial charge in [-0.05, 0) is 19.1 Å². The zero-order chi connectivity index (χ0) is 13.7. The largest absolute Gasteiger partial charge is 0.385 e. The van der Waals surface area contributed by atoms with Crippen LogP contribution in [0, 0.1) is 0 Å². The van der Waals surface area contributed by atoms with Crippen LogP contribution < -0.4 is 10.6 Å². The fraction of sp³-hybridized carbons (Fsp3) is 0.308. The van der Waals surface area contributed by atoms with Gasteiger partial charge in [0.25, 0.3) is 5.91 Å². The van der Waals surface area contributed by atoms with Crippen LogP contribution in [0.3, 0.4) is 0 Å². The van der Waals surface area contributed by atoms with E-state index >= 15 is 0 Å². The third-order valence-electron chi connectivity index (χ3n) is 2.59. The molecule has 1 aromatic heterocycles. The maximum absolute atomic E-state index is 12.1. The first-order valence-corrected chi connectivity index (χ1v) is 6.16. The Labute approximate surface area is 111 Å². The number of hydrogen-bond acceptors (Lipinski definition) is 4. The van der Waals surface area contributed by atoms with Crippen molar-refractivity contribution in [2.24, 2.45) is 7.05 Å². The number of rotatable bonds is 5. The molecular weight excluding hydrogens is 242 g/mol. The average molecular weight is 259 g/mol. The minimum absolute atomic E-state index is 0.135. The highest BCUT2D eigenvalue weighted by atomic mass is 16.1. The lowest BCUT2D eigenvalue weighted by Crippen LogP contribution is -2.24. The van der Waals surface area contributed by atoms with Gasteiger partial charge in [0, 0.05) is 19.3 Å². The van der Waals surface area contributed by atoms with E-state index in [4.69, 9.17) is 0 Å². The molecule has 0 saturated heterocycles. The van der Waals surface area contributed by atoms with Crippen LogP contribution in [0.1, 0.15) is 23.1 Å². The van der Waals surface area contributed by atoms with E-state index in [1.165, 1.54) is 0 Å². The van der Waals surface area contributed by atoms with E-state index in [-0.39, 0.29) is 5.91 Å². The lowest BCUT2D eigenvalue weighted by molar-refractivity contribution is 0.0950. The molecule has 0 bridgehead atoms. The number of aromatic nitrogens is 3. The van der Waals surface area contributed by atoms with Gasteiger partial charge in [0.2, 0.25) is 0 Å². The standard InChI is InChI=1S/C13H17N5O/c1-3-14-11-7-5-4-6-10(11)13(19)15-8-12-16-9-18(2)17-12/h4-7,9,14H,3,8H2,1-2H3,(H,15,19). The van der Waals surface area contributed by atoms with Gasteiger partial charge in [-0.1, -0.05) is 12.1 Å². The number of hydrogen-bond donors (Lipinski definition) is 2. The van der Waals surface area contributed by atoms with Crippen molar-refractivity contribution in [2.45, 2.75) is 13.5 Å². The molecule has 1 amide bonds. The average Bonchev–Trinajstić information content (AvgIpc) is 2.83. The first-order chi connectivity index (χ1) is 9.20. The molecule has 0 fully saturated rings. The number of nitrogens with zero attached hydrogens (tertiary/aromatic N) is 3. The Bertz CT molecular complexity index is 564. The molecular formula is C13H17N5O. The van der Waals surface area contributed by atoms with Crippen molar-refractivity contribution >= 4 is 11.6 Å². The third kappa shape index (κ3) is 3.31. The molecule has 2 rings (SSSR count). The Morgan fingerprint density at radius 1 is 1.37 bits per heavy atom. The molecule has 0 aliphatic carbocycles. The first-order valence-electron chi connectivity index (χ1n) is 6.16. The zero-order valence-electron chi connectivity index (χ0n) is 11.1. The maximum atomic E-state index is 12.1. The van der Waals surface area contributed by atoms with Gasteiger partial charge in [-0.25, -0.2) is 4.98 Å². The molecule has 6 nitrogen and oxygen atoms in total. The molecule has 100 valence electrons. The normalized spacial score (nSPS) is 10.2. The molecule has 0 aliphatic heterocycles. The molecule has 19 heavy (non-hydrogen) atoms. The molecule has 6 heteroatoms. The van der Waals surface area contributed by atoms with Crippen LogP contribution in [0.25, 0.3) is 0 Å². The summed E-state index contributed by atoms with van der Waals surface area (Å²) < 4.78 is 1.61. The van der Waals surface area contributed by atoms with Crippen LogP contribution >= 0.6 is 0 Å². The molecule has 2 N–H and O–H groups in total. The summed E-state index contributed by atoms with van der Waals surface area (Å²) in [5.74, 6) is 0.459. The quantitative estimate of drug-likeness (QED) is 0.845. The highest BCUT2D eigenvalue weighted by Crippen LogP contribution is 2.14. The van der Waals surface area contributed by atoms with E-state index in [0.717, 1.165) is 12.2 Å². The lowest BCUT2D eigenvalue weighted by Gasteiger charge is -2.10. The molecule has 0 unspecified atom stereocenters. The van der Waals surface area contributed by atoms with Crippen LogP contribution in [-0.4, -0.2) is 27.2 Å². The number of carbonyl (C=O) groups excluding carboxylic acids is 1. The number of anilines is 1. The predicted molar refractivity (Wildman–Crippen MR) is 72.8 cm³/mol. The minimum atomic E-state index is -0.135. The summed E-state index contributed by atoms with van der Waals surface area (Å²) in [7, 11) is 1.79. The van der Waals surface area contributed by atoms with Crippen molar-refractivity contribution in [2.75, 3.05) is 11.9 Å². The second kappa shape index (κ2) is 5.99. The summed E-state index contributed by atoms with van der Waals surface area (Å²) in [4.78, 5) is 16.2. The van der Waals surface area contributed by atoms with Gasteiger partial charge in [-0.2, -0.15) is 5.10 Å². The fourth-order valence-corrected chi connectivity index (χ4v) is 1.75. The minimum Gasteiger partial charge on any atom is -0.385 e. The number of benzene rings is 1. The molecule has 0 aliphatic rings.